The van der Waals surface area contributed by atoms with Gasteiger partial charge in [-0.2, -0.15) is 0 Å². The molecule has 0 aromatic heterocycles. The Balaban J connectivity index is 1.54. The SMILES string of the molecule is O=C(Cc1ccccc1)Oc1cc(Sc2ccccc2)c(OC(=O)Cc2ccccc2)c2ccc(Cl)cc12. The second kappa shape index (κ2) is 12.0. The van der Waals surface area contributed by atoms with Crippen molar-refractivity contribution >= 4 is 46.1 Å². The van der Waals surface area contributed by atoms with Gasteiger partial charge in [-0.05, 0) is 47.5 Å². The zero-order valence-electron chi connectivity index (χ0n) is 20.3. The van der Waals surface area contributed by atoms with Gasteiger partial charge in [-0.25, -0.2) is 0 Å². The van der Waals surface area contributed by atoms with Crippen LogP contribution in [0.25, 0.3) is 10.8 Å². The van der Waals surface area contributed by atoms with E-state index in [-0.39, 0.29) is 12.8 Å². The molecule has 5 rings (SSSR count). The molecule has 5 aromatic carbocycles. The minimum Gasteiger partial charge on any atom is -0.426 e. The van der Waals surface area contributed by atoms with Gasteiger partial charge in [0, 0.05) is 20.7 Å². The van der Waals surface area contributed by atoms with Gasteiger partial charge in [-0.3, -0.25) is 9.59 Å². The fourth-order valence-corrected chi connectivity index (χ4v) is 5.16. The lowest BCUT2D eigenvalue weighted by Gasteiger charge is -2.17. The Bertz CT molecular complexity index is 1570. The second-order valence-electron chi connectivity index (χ2n) is 8.58. The van der Waals surface area contributed by atoms with Crippen LogP contribution < -0.4 is 9.47 Å². The fraction of sp³-hybridized carbons (Fsp3) is 0.0625. The zero-order valence-corrected chi connectivity index (χ0v) is 21.9. The molecule has 0 fully saturated rings. The summed E-state index contributed by atoms with van der Waals surface area (Å²) in [5, 5.41) is 1.68. The Morgan fingerprint density at radius 3 is 1.79 bits per heavy atom. The number of ether oxygens (including phenoxy) is 2. The number of halogens is 1. The molecular weight excluding hydrogens is 516 g/mol. The molecule has 0 aliphatic heterocycles. The van der Waals surface area contributed by atoms with Crippen LogP contribution >= 0.6 is 23.4 Å². The van der Waals surface area contributed by atoms with Gasteiger partial charge >= 0.3 is 11.9 Å². The van der Waals surface area contributed by atoms with E-state index in [0.717, 1.165) is 16.0 Å². The summed E-state index contributed by atoms with van der Waals surface area (Å²) in [6.07, 6.45) is 0.247. The minimum atomic E-state index is -0.401. The Morgan fingerprint density at radius 1 is 0.632 bits per heavy atom. The van der Waals surface area contributed by atoms with Crippen LogP contribution in [0.15, 0.2) is 125 Å². The third-order valence-corrected chi connectivity index (χ3v) is 7.04. The summed E-state index contributed by atoms with van der Waals surface area (Å²) in [5.74, 6) is -0.0443. The Kier molecular flexibility index (Phi) is 8.07. The van der Waals surface area contributed by atoms with Gasteiger partial charge < -0.3 is 9.47 Å². The van der Waals surface area contributed by atoms with E-state index in [0.29, 0.717) is 32.2 Å². The molecule has 0 N–H and O–H groups in total. The lowest BCUT2D eigenvalue weighted by molar-refractivity contribution is -0.134. The number of esters is 2. The first kappa shape index (κ1) is 25.6. The molecule has 0 aliphatic rings. The third-order valence-electron chi connectivity index (χ3n) is 5.77. The standard InChI is InChI=1S/C32H23ClO4S/c33-24-16-17-26-27(20-24)28(36-30(34)18-22-10-4-1-5-11-22)21-29(38-25-14-8-3-9-15-25)32(26)37-31(35)19-23-12-6-2-7-13-23/h1-17,20-21H,18-19H2. The van der Waals surface area contributed by atoms with Gasteiger partial charge in [0.25, 0.3) is 0 Å². The molecule has 6 heteroatoms. The van der Waals surface area contributed by atoms with E-state index >= 15 is 0 Å². The van der Waals surface area contributed by atoms with Crippen molar-refractivity contribution in [2.45, 2.75) is 22.6 Å². The van der Waals surface area contributed by atoms with Gasteiger partial charge in [0.05, 0.1) is 17.7 Å². The average Bonchev–Trinajstić information content (AvgIpc) is 2.92. The van der Waals surface area contributed by atoms with Crippen LogP contribution in [-0.4, -0.2) is 11.9 Å². The van der Waals surface area contributed by atoms with Gasteiger partial charge in [0.2, 0.25) is 0 Å². The second-order valence-corrected chi connectivity index (χ2v) is 10.1. The highest BCUT2D eigenvalue weighted by Crippen LogP contribution is 2.45. The number of carbonyl (C=O) groups excluding carboxylic acids is 2. The van der Waals surface area contributed by atoms with Gasteiger partial charge in [-0.15, -0.1) is 0 Å². The normalized spacial score (nSPS) is 10.8. The van der Waals surface area contributed by atoms with Crippen molar-refractivity contribution in [2.24, 2.45) is 0 Å². The number of carbonyl (C=O) groups is 2. The molecular formula is C32H23ClO4S. The summed E-state index contributed by atoms with van der Waals surface area (Å²) in [4.78, 5) is 27.5. The number of benzene rings is 5. The van der Waals surface area contributed by atoms with Crippen LogP contribution in [0.4, 0.5) is 0 Å². The van der Waals surface area contributed by atoms with Crippen LogP contribution in [0, 0.1) is 0 Å². The van der Waals surface area contributed by atoms with E-state index in [1.165, 1.54) is 11.8 Å². The van der Waals surface area contributed by atoms with Crippen molar-refractivity contribution in [2.75, 3.05) is 0 Å². The van der Waals surface area contributed by atoms with Crippen molar-refractivity contribution in [3.63, 3.8) is 0 Å². The van der Waals surface area contributed by atoms with E-state index in [9.17, 15) is 9.59 Å². The zero-order chi connectivity index (χ0) is 26.3. The number of hydrogen-bond acceptors (Lipinski definition) is 5. The van der Waals surface area contributed by atoms with E-state index in [1.807, 2.05) is 91.0 Å². The van der Waals surface area contributed by atoms with E-state index < -0.39 is 11.9 Å². The molecule has 0 atom stereocenters. The molecule has 0 heterocycles. The first-order chi connectivity index (χ1) is 18.5. The highest BCUT2D eigenvalue weighted by molar-refractivity contribution is 7.99. The molecule has 0 amide bonds. The van der Waals surface area contributed by atoms with Gasteiger partial charge in [0.15, 0.2) is 5.75 Å². The molecule has 0 aliphatic carbocycles. The molecule has 5 aromatic rings. The van der Waals surface area contributed by atoms with Crippen molar-refractivity contribution in [3.05, 3.63) is 131 Å². The van der Waals surface area contributed by atoms with E-state index in [2.05, 4.69) is 0 Å². The maximum Gasteiger partial charge on any atom is 0.315 e. The molecule has 4 nitrogen and oxygen atoms in total. The van der Waals surface area contributed by atoms with Crippen LogP contribution in [0.1, 0.15) is 11.1 Å². The maximum absolute atomic E-state index is 13.0. The van der Waals surface area contributed by atoms with Crippen LogP contribution in [-0.2, 0) is 22.4 Å². The molecule has 0 saturated heterocycles. The lowest BCUT2D eigenvalue weighted by atomic mass is 10.1. The molecule has 0 unspecified atom stereocenters. The monoisotopic (exact) mass is 538 g/mol. The number of hydrogen-bond donors (Lipinski definition) is 0. The molecule has 38 heavy (non-hydrogen) atoms. The quantitative estimate of drug-likeness (QED) is 0.148. The minimum absolute atomic E-state index is 0.123. The topological polar surface area (TPSA) is 52.6 Å². The van der Waals surface area contributed by atoms with E-state index in [1.54, 1.807) is 24.3 Å². The fourth-order valence-electron chi connectivity index (χ4n) is 4.03. The number of fused-ring (bicyclic) bond motifs is 1. The molecule has 0 spiro atoms. The Morgan fingerprint density at radius 2 is 1.18 bits per heavy atom. The first-order valence-corrected chi connectivity index (χ1v) is 13.2. The van der Waals surface area contributed by atoms with Crippen LogP contribution in [0.2, 0.25) is 5.02 Å². The third kappa shape index (κ3) is 6.43. The highest BCUT2D eigenvalue weighted by atomic mass is 35.5. The van der Waals surface area contributed by atoms with Crippen molar-refractivity contribution in [3.8, 4) is 11.5 Å². The summed E-state index contributed by atoms with van der Waals surface area (Å²) >= 11 is 7.76. The maximum atomic E-state index is 13.0. The largest absolute Gasteiger partial charge is 0.426 e. The summed E-state index contributed by atoms with van der Waals surface area (Å²) in [6.45, 7) is 0. The van der Waals surface area contributed by atoms with Crippen molar-refractivity contribution in [1.29, 1.82) is 0 Å². The molecule has 188 valence electrons. The van der Waals surface area contributed by atoms with Gasteiger partial charge in [0.1, 0.15) is 5.75 Å². The first-order valence-electron chi connectivity index (χ1n) is 12.0. The molecule has 0 saturated carbocycles. The smallest absolute Gasteiger partial charge is 0.315 e. The Hall–Kier alpha value is -4.06. The Labute approximate surface area is 230 Å². The predicted molar refractivity (Wildman–Crippen MR) is 151 cm³/mol. The van der Waals surface area contributed by atoms with Crippen LogP contribution in [0.3, 0.4) is 0 Å². The van der Waals surface area contributed by atoms with E-state index in [4.69, 9.17) is 21.1 Å². The highest BCUT2D eigenvalue weighted by Gasteiger charge is 2.21. The summed E-state index contributed by atoms with van der Waals surface area (Å²) in [5.41, 5.74) is 1.71. The molecule has 0 radical (unpaired) electrons. The summed E-state index contributed by atoms with van der Waals surface area (Å²) < 4.78 is 11.9. The summed E-state index contributed by atoms with van der Waals surface area (Å²) in [6, 6.07) is 35.6. The lowest BCUT2D eigenvalue weighted by Crippen LogP contribution is -2.13. The summed E-state index contributed by atoms with van der Waals surface area (Å²) in [7, 11) is 0. The van der Waals surface area contributed by atoms with Crippen molar-refractivity contribution in [1.82, 2.24) is 0 Å². The van der Waals surface area contributed by atoms with Crippen molar-refractivity contribution < 1.29 is 19.1 Å². The average molecular weight is 539 g/mol. The molecule has 0 bridgehead atoms. The predicted octanol–water partition coefficient (Wildman–Crippen LogP) is 7.94. The van der Waals surface area contributed by atoms with Crippen LogP contribution in [0.5, 0.6) is 11.5 Å². The van der Waals surface area contributed by atoms with Gasteiger partial charge in [-0.1, -0.05) is 102 Å². The number of rotatable bonds is 8.